The molecule has 0 amide bonds. The van der Waals surface area contributed by atoms with Gasteiger partial charge in [0.15, 0.2) is 0 Å². The predicted octanol–water partition coefficient (Wildman–Crippen LogP) is 3.88. The zero-order chi connectivity index (χ0) is 17.7. The number of ether oxygens (including phenoxy) is 1. The summed E-state index contributed by atoms with van der Waals surface area (Å²) in [7, 11) is 1.35. The lowest BCUT2D eigenvalue weighted by Gasteiger charge is -2.28. The van der Waals surface area contributed by atoms with E-state index in [0.29, 0.717) is 11.9 Å². The van der Waals surface area contributed by atoms with Gasteiger partial charge in [0, 0.05) is 18.0 Å². The number of esters is 1. The van der Waals surface area contributed by atoms with E-state index in [1.807, 2.05) is 0 Å². The van der Waals surface area contributed by atoms with E-state index >= 15 is 0 Å². The number of anilines is 1. The first-order valence-corrected chi connectivity index (χ1v) is 8.04. The first-order valence-electron chi connectivity index (χ1n) is 8.04. The Kier molecular flexibility index (Phi) is 5.54. The highest BCUT2D eigenvalue weighted by atomic mass is 16.5. The number of aromatic nitrogens is 2. The number of hydrogen-bond donors (Lipinski definition) is 1. The van der Waals surface area contributed by atoms with Gasteiger partial charge in [0.25, 0.3) is 0 Å². The summed E-state index contributed by atoms with van der Waals surface area (Å²) in [5.74, 6) is 0.495. The number of carbonyl (C=O) groups is 1. The molecular weight excluding hydrogens is 302 g/mol. The molecule has 0 aliphatic rings. The molecular formula is C19H25N3O2. The summed E-state index contributed by atoms with van der Waals surface area (Å²) < 4.78 is 4.57. The predicted molar refractivity (Wildman–Crippen MR) is 95.8 cm³/mol. The maximum absolute atomic E-state index is 11.1. The van der Waals surface area contributed by atoms with Crippen molar-refractivity contribution in [2.75, 3.05) is 19.0 Å². The lowest BCUT2D eigenvalue weighted by Crippen LogP contribution is -2.16. The van der Waals surface area contributed by atoms with Crippen molar-refractivity contribution in [2.45, 2.75) is 33.6 Å². The zero-order valence-electron chi connectivity index (χ0n) is 15.0. The summed E-state index contributed by atoms with van der Waals surface area (Å²) >= 11 is 0. The standard InChI is InChI=1S/C19H25N3O2/c1-13(19(2,3)4)14-7-6-8-15(9-14)16-10-20-18(21-11-16)22-12-17(23)24-5/h6-11,13H,12H2,1-5H3,(H,20,21,22)/t13-/m0/s1. The largest absolute Gasteiger partial charge is 0.468 e. The van der Waals surface area contributed by atoms with Gasteiger partial charge in [-0.15, -0.1) is 0 Å². The molecule has 1 aromatic heterocycles. The number of nitrogens with zero attached hydrogens (tertiary/aromatic N) is 2. The Morgan fingerprint density at radius 2 is 1.88 bits per heavy atom. The molecule has 1 N–H and O–H groups in total. The molecule has 1 heterocycles. The lowest BCUT2D eigenvalue weighted by molar-refractivity contribution is -0.138. The van der Waals surface area contributed by atoms with Crippen LogP contribution in [0.4, 0.5) is 5.95 Å². The number of benzene rings is 1. The summed E-state index contributed by atoms with van der Waals surface area (Å²) in [4.78, 5) is 19.6. The molecule has 128 valence electrons. The maximum atomic E-state index is 11.1. The second kappa shape index (κ2) is 7.43. The van der Waals surface area contributed by atoms with E-state index in [4.69, 9.17) is 0 Å². The van der Waals surface area contributed by atoms with Crippen LogP contribution in [0.3, 0.4) is 0 Å². The van der Waals surface area contributed by atoms with Crippen molar-refractivity contribution in [3.05, 3.63) is 42.2 Å². The van der Waals surface area contributed by atoms with Crippen LogP contribution in [0, 0.1) is 5.41 Å². The van der Waals surface area contributed by atoms with Crippen LogP contribution in [0.25, 0.3) is 11.1 Å². The molecule has 5 heteroatoms. The van der Waals surface area contributed by atoms with Gasteiger partial charge in [-0.05, 0) is 22.5 Å². The number of methoxy groups -OCH3 is 1. The van der Waals surface area contributed by atoms with Crippen LogP contribution >= 0.6 is 0 Å². The summed E-state index contributed by atoms with van der Waals surface area (Å²) in [5.41, 5.74) is 3.54. The fraction of sp³-hybridized carbons (Fsp3) is 0.421. The first-order chi connectivity index (χ1) is 11.3. The minimum absolute atomic E-state index is 0.0500. The van der Waals surface area contributed by atoms with Gasteiger partial charge in [0.2, 0.25) is 5.95 Å². The van der Waals surface area contributed by atoms with E-state index < -0.39 is 0 Å². The molecule has 0 spiro atoms. The summed E-state index contributed by atoms with van der Waals surface area (Å²) in [6.45, 7) is 9.03. The molecule has 0 aliphatic heterocycles. The smallest absolute Gasteiger partial charge is 0.325 e. The Bertz CT molecular complexity index is 691. The third-order valence-electron chi connectivity index (χ3n) is 4.29. The molecule has 1 aromatic carbocycles. The number of nitrogens with one attached hydrogen (secondary N) is 1. The summed E-state index contributed by atoms with van der Waals surface area (Å²) in [6, 6.07) is 8.47. The third-order valence-corrected chi connectivity index (χ3v) is 4.29. The topological polar surface area (TPSA) is 64.1 Å². The van der Waals surface area contributed by atoms with E-state index in [1.54, 1.807) is 12.4 Å². The van der Waals surface area contributed by atoms with E-state index in [2.05, 4.69) is 72.0 Å². The maximum Gasteiger partial charge on any atom is 0.325 e. The van der Waals surface area contributed by atoms with Crippen LogP contribution < -0.4 is 5.32 Å². The average Bonchev–Trinajstić information content (AvgIpc) is 2.58. The highest BCUT2D eigenvalue weighted by Gasteiger charge is 2.21. The number of rotatable bonds is 5. The molecule has 0 radical (unpaired) electrons. The second-order valence-corrected chi connectivity index (χ2v) is 6.94. The van der Waals surface area contributed by atoms with Crippen LogP contribution in [0.1, 0.15) is 39.2 Å². The molecule has 0 saturated carbocycles. The Morgan fingerprint density at radius 1 is 1.21 bits per heavy atom. The SMILES string of the molecule is COC(=O)CNc1ncc(-c2cccc([C@H](C)C(C)(C)C)c2)cn1. The van der Waals surface area contributed by atoms with Crippen LogP contribution in [-0.4, -0.2) is 29.6 Å². The zero-order valence-corrected chi connectivity index (χ0v) is 15.0. The molecule has 0 saturated heterocycles. The Hall–Kier alpha value is -2.43. The lowest BCUT2D eigenvalue weighted by atomic mass is 9.77. The van der Waals surface area contributed by atoms with Gasteiger partial charge < -0.3 is 10.1 Å². The number of carbonyl (C=O) groups excluding carboxylic acids is 1. The van der Waals surface area contributed by atoms with Crippen LogP contribution in [-0.2, 0) is 9.53 Å². The van der Waals surface area contributed by atoms with E-state index in [9.17, 15) is 4.79 Å². The monoisotopic (exact) mass is 327 g/mol. The van der Waals surface area contributed by atoms with Crippen molar-refractivity contribution >= 4 is 11.9 Å². The van der Waals surface area contributed by atoms with Crippen molar-refractivity contribution < 1.29 is 9.53 Å². The minimum atomic E-state index is -0.355. The molecule has 24 heavy (non-hydrogen) atoms. The number of hydrogen-bond acceptors (Lipinski definition) is 5. The van der Waals surface area contributed by atoms with Crippen molar-refractivity contribution in [3.8, 4) is 11.1 Å². The average molecular weight is 327 g/mol. The van der Waals surface area contributed by atoms with Crippen molar-refractivity contribution in [2.24, 2.45) is 5.41 Å². The normalized spacial score (nSPS) is 12.5. The molecule has 0 unspecified atom stereocenters. The van der Waals surface area contributed by atoms with Crippen molar-refractivity contribution in [1.29, 1.82) is 0 Å². The minimum Gasteiger partial charge on any atom is -0.468 e. The van der Waals surface area contributed by atoms with E-state index in [0.717, 1.165) is 11.1 Å². The Balaban J connectivity index is 2.16. The van der Waals surface area contributed by atoms with Crippen LogP contribution in [0.5, 0.6) is 0 Å². The van der Waals surface area contributed by atoms with Crippen LogP contribution in [0.15, 0.2) is 36.7 Å². The highest BCUT2D eigenvalue weighted by molar-refractivity contribution is 5.74. The highest BCUT2D eigenvalue weighted by Crippen LogP contribution is 2.35. The van der Waals surface area contributed by atoms with Gasteiger partial charge in [-0.1, -0.05) is 52.0 Å². The molecule has 5 nitrogen and oxygen atoms in total. The first kappa shape index (κ1) is 17.9. The summed E-state index contributed by atoms with van der Waals surface area (Å²) in [5, 5.41) is 2.83. The second-order valence-electron chi connectivity index (χ2n) is 6.94. The Labute approximate surface area is 143 Å². The molecule has 0 fully saturated rings. The van der Waals surface area contributed by atoms with Gasteiger partial charge in [0.1, 0.15) is 6.54 Å². The van der Waals surface area contributed by atoms with E-state index in [-0.39, 0.29) is 17.9 Å². The molecule has 1 atom stereocenters. The fourth-order valence-electron chi connectivity index (χ4n) is 2.28. The summed E-state index contributed by atoms with van der Waals surface area (Å²) in [6.07, 6.45) is 3.51. The van der Waals surface area contributed by atoms with Gasteiger partial charge >= 0.3 is 5.97 Å². The van der Waals surface area contributed by atoms with E-state index in [1.165, 1.54) is 12.7 Å². The van der Waals surface area contributed by atoms with Gasteiger partial charge in [-0.2, -0.15) is 0 Å². The molecule has 0 aliphatic carbocycles. The molecule has 2 aromatic rings. The van der Waals surface area contributed by atoms with Crippen LogP contribution in [0.2, 0.25) is 0 Å². The van der Waals surface area contributed by atoms with Gasteiger partial charge in [-0.25, -0.2) is 9.97 Å². The third kappa shape index (κ3) is 4.54. The molecule has 2 rings (SSSR count). The fourth-order valence-corrected chi connectivity index (χ4v) is 2.28. The van der Waals surface area contributed by atoms with Gasteiger partial charge in [0.05, 0.1) is 7.11 Å². The van der Waals surface area contributed by atoms with Crippen molar-refractivity contribution in [3.63, 3.8) is 0 Å². The van der Waals surface area contributed by atoms with Crippen molar-refractivity contribution in [1.82, 2.24) is 9.97 Å². The molecule has 0 bridgehead atoms. The Morgan fingerprint density at radius 3 is 2.46 bits per heavy atom. The quantitative estimate of drug-likeness (QED) is 0.844. The van der Waals surface area contributed by atoms with Gasteiger partial charge in [-0.3, -0.25) is 4.79 Å².